The number of hydrogen-bond acceptors (Lipinski definition) is 6. The highest BCUT2D eigenvalue weighted by Crippen LogP contribution is 2.40. The first-order valence-electron chi connectivity index (χ1n) is 7.46. The molecule has 2 heterocycles. The standard InChI is InChI=1S/C16H22O6/c1-16(2)21-13-12(11(18)8-17)20-15(14(13)22-16)19-9-10-6-4-3-5-7-10/h3-7,11-15,17-18H,8-9H2,1-2H3/t11?,12-,13+,14+,15+/m1/s1. The van der Waals surface area contributed by atoms with Crippen molar-refractivity contribution in [3.8, 4) is 0 Å². The van der Waals surface area contributed by atoms with Crippen molar-refractivity contribution >= 4 is 0 Å². The minimum absolute atomic E-state index is 0.375. The first-order chi connectivity index (χ1) is 10.5. The first-order valence-corrected chi connectivity index (χ1v) is 7.46. The van der Waals surface area contributed by atoms with Crippen molar-refractivity contribution in [1.29, 1.82) is 0 Å². The Kier molecular flexibility index (Phi) is 4.49. The van der Waals surface area contributed by atoms with Gasteiger partial charge in [0.1, 0.15) is 24.4 Å². The van der Waals surface area contributed by atoms with Crippen LogP contribution in [0.25, 0.3) is 0 Å². The summed E-state index contributed by atoms with van der Waals surface area (Å²) in [4.78, 5) is 0. The lowest BCUT2D eigenvalue weighted by Crippen LogP contribution is -2.40. The van der Waals surface area contributed by atoms with E-state index in [9.17, 15) is 10.2 Å². The summed E-state index contributed by atoms with van der Waals surface area (Å²) in [6.07, 6.45) is -3.23. The monoisotopic (exact) mass is 310 g/mol. The lowest BCUT2D eigenvalue weighted by atomic mass is 10.1. The fourth-order valence-corrected chi connectivity index (χ4v) is 2.89. The van der Waals surface area contributed by atoms with E-state index in [-0.39, 0.29) is 0 Å². The molecule has 2 N–H and O–H groups in total. The molecule has 0 aromatic heterocycles. The van der Waals surface area contributed by atoms with Gasteiger partial charge in [0.2, 0.25) is 0 Å². The third-order valence-electron chi connectivity index (χ3n) is 3.87. The SMILES string of the molecule is CC1(C)O[C@@H]2[C@@H](OCc3ccccc3)O[C@H](C(O)CO)[C@@H]2O1. The van der Waals surface area contributed by atoms with Crippen molar-refractivity contribution in [1.82, 2.24) is 0 Å². The van der Waals surface area contributed by atoms with E-state index in [0.717, 1.165) is 5.56 Å². The van der Waals surface area contributed by atoms with Crippen LogP contribution in [0.3, 0.4) is 0 Å². The van der Waals surface area contributed by atoms with E-state index >= 15 is 0 Å². The highest BCUT2D eigenvalue weighted by atomic mass is 16.8. The summed E-state index contributed by atoms with van der Waals surface area (Å²) in [5, 5.41) is 19.1. The van der Waals surface area contributed by atoms with E-state index in [4.69, 9.17) is 18.9 Å². The van der Waals surface area contributed by atoms with Crippen molar-refractivity contribution in [3.63, 3.8) is 0 Å². The number of aliphatic hydroxyl groups is 2. The molecule has 3 rings (SSSR count). The van der Waals surface area contributed by atoms with Gasteiger partial charge in [-0.2, -0.15) is 0 Å². The molecule has 0 saturated carbocycles. The Bertz CT molecular complexity index is 491. The largest absolute Gasteiger partial charge is 0.394 e. The highest BCUT2D eigenvalue weighted by molar-refractivity contribution is 5.13. The smallest absolute Gasteiger partial charge is 0.187 e. The van der Waals surface area contributed by atoms with E-state index in [1.165, 1.54) is 0 Å². The van der Waals surface area contributed by atoms with Gasteiger partial charge < -0.3 is 29.2 Å². The molecule has 22 heavy (non-hydrogen) atoms. The summed E-state index contributed by atoms with van der Waals surface area (Å²) in [5.41, 5.74) is 1.02. The number of aliphatic hydroxyl groups excluding tert-OH is 2. The van der Waals surface area contributed by atoms with Crippen molar-refractivity contribution < 1.29 is 29.2 Å². The van der Waals surface area contributed by atoms with Crippen LogP contribution in [-0.2, 0) is 25.6 Å². The van der Waals surface area contributed by atoms with E-state index in [0.29, 0.717) is 6.61 Å². The molecule has 6 heteroatoms. The van der Waals surface area contributed by atoms with Gasteiger partial charge in [-0.3, -0.25) is 0 Å². The van der Waals surface area contributed by atoms with Crippen molar-refractivity contribution in [2.24, 2.45) is 0 Å². The Balaban J connectivity index is 1.69. The molecule has 0 bridgehead atoms. The Hall–Kier alpha value is -1.02. The molecule has 2 aliphatic rings. The van der Waals surface area contributed by atoms with Gasteiger partial charge in [0, 0.05) is 0 Å². The van der Waals surface area contributed by atoms with E-state index in [2.05, 4.69) is 0 Å². The molecule has 2 saturated heterocycles. The van der Waals surface area contributed by atoms with E-state index in [1.807, 2.05) is 44.2 Å². The number of fused-ring (bicyclic) bond motifs is 1. The second-order valence-electron chi connectivity index (χ2n) is 6.08. The van der Waals surface area contributed by atoms with Gasteiger partial charge in [-0.25, -0.2) is 0 Å². The molecule has 1 aromatic carbocycles. The fourth-order valence-electron chi connectivity index (χ4n) is 2.89. The maximum Gasteiger partial charge on any atom is 0.187 e. The average molecular weight is 310 g/mol. The van der Waals surface area contributed by atoms with Crippen molar-refractivity contribution in [2.75, 3.05) is 6.61 Å². The summed E-state index contributed by atoms with van der Waals surface area (Å²) in [6.45, 7) is 3.59. The van der Waals surface area contributed by atoms with Crippen LogP contribution in [0.15, 0.2) is 30.3 Å². The summed E-state index contributed by atoms with van der Waals surface area (Å²) >= 11 is 0. The van der Waals surface area contributed by atoms with Crippen LogP contribution in [-0.4, -0.2) is 53.3 Å². The average Bonchev–Trinajstić information content (AvgIpc) is 2.99. The van der Waals surface area contributed by atoms with Gasteiger partial charge in [-0.05, 0) is 19.4 Å². The van der Waals surface area contributed by atoms with Crippen LogP contribution in [0.5, 0.6) is 0 Å². The molecule has 122 valence electrons. The zero-order valence-corrected chi connectivity index (χ0v) is 12.7. The topological polar surface area (TPSA) is 77.4 Å². The zero-order valence-electron chi connectivity index (χ0n) is 12.7. The quantitative estimate of drug-likeness (QED) is 0.838. The molecular formula is C16H22O6. The van der Waals surface area contributed by atoms with Crippen LogP contribution in [0.2, 0.25) is 0 Å². The maximum absolute atomic E-state index is 9.91. The molecule has 0 amide bonds. The van der Waals surface area contributed by atoms with Gasteiger partial charge in [0.05, 0.1) is 13.2 Å². The van der Waals surface area contributed by atoms with Gasteiger partial charge in [-0.15, -0.1) is 0 Å². The van der Waals surface area contributed by atoms with Gasteiger partial charge >= 0.3 is 0 Å². The lowest BCUT2D eigenvalue weighted by Gasteiger charge is -2.25. The van der Waals surface area contributed by atoms with Crippen molar-refractivity contribution in [2.45, 2.75) is 56.9 Å². The minimum Gasteiger partial charge on any atom is -0.394 e. The normalized spacial score (nSPS) is 34.5. The molecule has 0 aliphatic carbocycles. The highest BCUT2D eigenvalue weighted by Gasteiger charge is 2.57. The summed E-state index contributed by atoms with van der Waals surface area (Å²) in [6, 6.07) is 9.74. The predicted octanol–water partition coefficient (Wildman–Crippen LogP) is 0.801. The number of rotatable bonds is 5. The lowest BCUT2D eigenvalue weighted by molar-refractivity contribution is -0.247. The van der Waals surface area contributed by atoms with Crippen molar-refractivity contribution in [3.05, 3.63) is 35.9 Å². The predicted molar refractivity (Wildman–Crippen MR) is 76.8 cm³/mol. The van der Waals surface area contributed by atoms with Crippen LogP contribution in [0, 0.1) is 0 Å². The Morgan fingerprint density at radius 3 is 2.55 bits per heavy atom. The van der Waals surface area contributed by atoms with E-state index in [1.54, 1.807) is 0 Å². The molecule has 2 fully saturated rings. The van der Waals surface area contributed by atoms with Crippen LogP contribution in [0.1, 0.15) is 19.4 Å². The third kappa shape index (κ3) is 3.17. The number of ether oxygens (including phenoxy) is 4. The summed E-state index contributed by atoms with van der Waals surface area (Å²) in [7, 11) is 0. The molecule has 1 aromatic rings. The molecule has 6 nitrogen and oxygen atoms in total. The summed E-state index contributed by atoms with van der Waals surface area (Å²) < 4.78 is 23.1. The Labute approximate surface area is 129 Å². The van der Waals surface area contributed by atoms with Crippen LogP contribution in [0.4, 0.5) is 0 Å². The first kappa shape index (κ1) is 15.9. The van der Waals surface area contributed by atoms with E-state index < -0.39 is 43.1 Å². The Morgan fingerprint density at radius 2 is 1.86 bits per heavy atom. The summed E-state index contributed by atoms with van der Waals surface area (Å²) in [5.74, 6) is -0.763. The number of hydrogen-bond donors (Lipinski definition) is 2. The maximum atomic E-state index is 9.91. The molecule has 0 radical (unpaired) electrons. The fraction of sp³-hybridized carbons (Fsp3) is 0.625. The molecule has 5 atom stereocenters. The molecule has 2 aliphatic heterocycles. The second-order valence-corrected chi connectivity index (χ2v) is 6.08. The Morgan fingerprint density at radius 1 is 1.18 bits per heavy atom. The molecule has 1 unspecified atom stereocenters. The van der Waals surface area contributed by atoms with Gasteiger partial charge in [0.15, 0.2) is 12.1 Å². The number of benzene rings is 1. The van der Waals surface area contributed by atoms with Crippen LogP contribution < -0.4 is 0 Å². The third-order valence-corrected chi connectivity index (χ3v) is 3.87. The molecular weight excluding hydrogens is 288 g/mol. The molecule has 0 spiro atoms. The minimum atomic E-state index is -1.03. The van der Waals surface area contributed by atoms with Crippen LogP contribution >= 0.6 is 0 Å². The van der Waals surface area contributed by atoms with Gasteiger partial charge in [0.25, 0.3) is 0 Å². The zero-order chi connectivity index (χ0) is 15.7. The van der Waals surface area contributed by atoms with Gasteiger partial charge in [-0.1, -0.05) is 30.3 Å². The second kappa shape index (κ2) is 6.23.